The molecule has 30 heavy (non-hydrogen) atoms. The maximum Gasteiger partial charge on any atom is 0.294 e. The molecule has 1 saturated heterocycles. The van der Waals surface area contributed by atoms with Crippen LogP contribution in [0.2, 0.25) is 0 Å². The summed E-state index contributed by atoms with van der Waals surface area (Å²) in [4.78, 5) is 40.7. The van der Waals surface area contributed by atoms with Crippen LogP contribution in [0.25, 0.3) is 6.08 Å². The van der Waals surface area contributed by atoms with E-state index in [-0.39, 0.29) is 6.54 Å². The first kappa shape index (κ1) is 22.1. The lowest BCUT2D eigenvalue weighted by molar-refractivity contribution is -0.127. The Hall–Kier alpha value is -2.58. The molecule has 0 aliphatic carbocycles. The van der Waals surface area contributed by atoms with Crippen LogP contribution in [-0.2, 0) is 9.59 Å². The molecule has 0 saturated carbocycles. The summed E-state index contributed by atoms with van der Waals surface area (Å²) in [7, 11) is 3.88. The van der Waals surface area contributed by atoms with Crippen LogP contribution in [0, 0.1) is 13.8 Å². The number of halogens is 1. The predicted octanol–water partition coefficient (Wildman–Crippen LogP) is 4.81. The van der Waals surface area contributed by atoms with Gasteiger partial charge in [0, 0.05) is 24.3 Å². The highest BCUT2D eigenvalue weighted by Crippen LogP contribution is 2.33. The van der Waals surface area contributed by atoms with Crippen LogP contribution >= 0.6 is 27.7 Å². The molecule has 3 amide bonds. The molecule has 1 aliphatic rings. The van der Waals surface area contributed by atoms with Crippen molar-refractivity contribution in [3.8, 4) is 0 Å². The van der Waals surface area contributed by atoms with Crippen LogP contribution in [0.15, 0.2) is 45.8 Å². The molecule has 0 radical (unpaired) electrons. The number of nitrogens with one attached hydrogen (secondary N) is 1. The maximum absolute atomic E-state index is 12.7. The van der Waals surface area contributed by atoms with Gasteiger partial charge in [-0.2, -0.15) is 0 Å². The number of carbonyl (C=O) groups is 3. The Morgan fingerprint density at radius 2 is 1.90 bits per heavy atom. The molecular weight excluding hydrogens is 466 g/mol. The lowest BCUT2D eigenvalue weighted by Crippen LogP contribution is -2.36. The number of rotatable bonds is 5. The fourth-order valence-electron chi connectivity index (χ4n) is 3.05. The second kappa shape index (κ2) is 9.06. The summed E-state index contributed by atoms with van der Waals surface area (Å²) in [5.74, 6) is -0.878. The molecule has 3 rings (SSSR count). The fraction of sp³-hybridized carbons (Fsp3) is 0.227. The van der Waals surface area contributed by atoms with E-state index in [2.05, 4.69) is 21.2 Å². The summed E-state index contributed by atoms with van der Waals surface area (Å²) in [6.45, 7) is 3.54. The second-order valence-corrected chi connectivity index (χ2v) is 9.09. The predicted molar refractivity (Wildman–Crippen MR) is 126 cm³/mol. The SMILES string of the molecule is Cc1ccc(NC(=O)CN2C(=O)S/C(=C\c3ccc(N(C)C)c(Br)c3)C2=O)c(C)c1. The Balaban J connectivity index is 1.72. The number of carbonyl (C=O) groups excluding carboxylic acids is 3. The average Bonchev–Trinajstić information content (AvgIpc) is 2.91. The van der Waals surface area contributed by atoms with Gasteiger partial charge < -0.3 is 10.2 Å². The number of hydrogen-bond acceptors (Lipinski definition) is 5. The normalized spacial score (nSPS) is 15.1. The van der Waals surface area contributed by atoms with E-state index in [1.54, 1.807) is 6.08 Å². The zero-order valence-corrected chi connectivity index (χ0v) is 19.6. The molecule has 0 bridgehead atoms. The first-order valence-corrected chi connectivity index (χ1v) is 10.9. The Morgan fingerprint density at radius 1 is 1.17 bits per heavy atom. The van der Waals surface area contributed by atoms with Crippen molar-refractivity contribution < 1.29 is 14.4 Å². The number of imide groups is 1. The van der Waals surface area contributed by atoms with Crippen molar-refractivity contribution in [2.24, 2.45) is 0 Å². The van der Waals surface area contributed by atoms with Crippen molar-refractivity contribution in [3.63, 3.8) is 0 Å². The van der Waals surface area contributed by atoms with E-state index in [1.807, 2.05) is 69.2 Å². The minimum absolute atomic E-state index is 0.295. The van der Waals surface area contributed by atoms with Crippen molar-refractivity contribution in [1.82, 2.24) is 4.90 Å². The molecule has 8 heteroatoms. The minimum Gasteiger partial charge on any atom is -0.377 e. The van der Waals surface area contributed by atoms with Crippen LogP contribution in [-0.4, -0.2) is 42.6 Å². The first-order chi connectivity index (χ1) is 14.2. The van der Waals surface area contributed by atoms with Gasteiger partial charge in [-0.15, -0.1) is 0 Å². The van der Waals surface area contributed by atoms with Gasteiger partial charge >= 0.3 is 0 Å². The summed E-state index contributed by atoms with van der Waals surface area (Å²) in [5.41, 5.74) is 4.47. The highest BCUT2D eigenvalue weighted by atomic mass is 79.9. The van der Waals surface area contributed by atoms with Crippen molar-refractivity contribution in [1.29, 1.82) is 0 Å². The van der Waals surface area contributed by atoms with Gasteiger partial charge in [0.2, 0.25) is 5.91 Å². The van der Waals surface area contributed by atoms with Crippen LogP contribution in [0.1, 0.15) is 16.7 Å². The Kier molecular flexibility index (Phi) is 6.67. The number of aryl methyl sites for hydroxylation is 2. The topological polar surface area (TPSA) is 69.7 Å². The van der Waals surface area contributed by atoms with E-state index in [1.165, 1.54) is 0 Å². The van der Waals surface area contributed by atoms with E-state index in [0.29, 0.717) is 10.6 Å². The van der Waals surface area contributed by atoms with Crippen molar-refractivity contribution >= 4 is 62.2 Å². The third kappa shape index (κ3) is 4.94. The maximum atomic E-state index is 12.7. The monoisotopic (exact) mass is 487 g/mol. The van der Waals surface area contributed by atoms with E-state index in [0.717, 1.165) is 43.5 Å². The van der Waals surface area contributed by atoms with E-state index < -0.39 is 17.1 Å². The molecule has 2 aromatic carbocycles. The third-order valence-electron chi connectivity index (χ3n) is 4.58. The van der Waals surface area contributed by atoms with Crippen molar-refractivity contribution in [3.05, 3.63) is 62.5 Å². The van der Waals surface area contributed by atoms with Gasteiger partial charge in [0.1, 0.15) is 6.54 Å². The number of nitrogens with zero attached hydrogens (tertiary/aromatic N) is 2. The lowest BCUT2D eigenvalue weighted by atomic mass is 10.1. The number of anilines is 2. The summed E-state index contributed by atoms with van der Waals surface area (Å²) < 4.78 is 0.883. The van der Waals surface area contributed by atoms with Crippen LogP contribution in [0.4, 0.5) is 16.2 Å². The molecule has 2 aromatic rings. The minimum atomic E-state index is -0.464. The highest BCUT2D eigenvalue weighted by Gasteiger charge is 2.36. The van der Waals surface area contributed by atoms with Crippen LogP contribution in [0.3, 0.4) is 0 Å². The van der Waals surface area contributed by atoms with Gasteiger partial charge in [0.25, 0.3) is 11.1 Å². The fourth-order valence-corrected chi connectivity index (χ4v) is 4.64. The van der Waals surface area contributed by atoms with Gasteiger partial charge in [-0.25, -0.2) is 0 Å². The third-order valence-corrected chi connectivity index (χ3v) is 6.13. The van der Waals surface area contributed by atoms with E-state index in [9.17, 15) is 14.4 Å². The summed E-state index contributed by atoms with van der Waals surface area (Å²) in [6.07, 6.45) is 1.66. The molecule has 1 aliphatic heterocycles. The molecule has 0 unspecified atom stereocenters. The number of benzene rings is 2. The molecule has 1 heterocycles. The van der Waals surface area contributed by atoms with Gasteiger partial charge in [-0.1, -0.05) is 23.8 Å². The zero-order valence-electron chi connectivity index (χ0n) is 17.2. The Bertz CT molecular complexity index is 1070. The van der Waals surface area contributed by atoms with Crippen LogP contribution < -0.4 is 10.2 Å². The lowest BCUT2D eigenvalue weighted by Gasteiger charge is -2.15. The standard InChI is InChI=1S/C22H22BrN3O3S/c1-13-5-7-17(14(2)9-13)24-20(27)12-26-21(28)19(30-22(26)29)11-15-6-8-18(25(3)4)16(23)10-15/h5-11H,12H2,1-4H3,(H,24,27)/b19-11-. The van der Waals surface area contributed by atoms with Gasteiger partial charge in [-0.05, 0) is 76.9 Å². The van der Waals surface area contributed by atoms with Crippen LogP contribution in [0.5, 0.6) is 0 Å². The zero-order chi connectivity index (χ0) is 22.0. The number of amides is 3. The smallest absolute Gasteiger partial charge is 0.294 e. The molecule has 0 atom stereocenters. The number of thioether (sulfide) groups is 1. The largest absolute Gasteiger partial charge is 0.377 e. The van der Waals surface area contributed by atoms with Crippen molar-refractivity contribution in [2.45, 2.75) is 13.8 Å². The molecule has 0 spiro atoms. The molecular formula is C22H22BrN3O3S. The van der Waals surface area contributed by atoms with Gasteiger partial charge in [-0.3, -0.25) is 19.3 Å². The quantitative estimate of drug-likeness (QED) is 0.612. The molecule has 6 nitrogen and oxygen atoms in total. The first-order valence-electron chi connectivity index (χ1n) is 9.25. The number of hydrogen-bond donors (Lipinski definition) is 1. The Labute approximate surface area is 188 Å². The van der Waals surface area contributed by atoms with E-state index >= 15 is 0 Å². The average molecular weight is 488 g/mol. The Morgan fingerprint density at radius 3 is 2.53 bits per heavy atom. The molecule has 156 valence electrons. The summed E-state index contributed by atoms with van der Waals surface area (Å²) in [5, 5.41) is 2.32. The highest BCUT2D eigenvalue weighted by molar-refractivity contribution is 9.10. The molecule has 0 aromatic heterocycles. The second-order valence-electron chi connectivity index (χ2n) is 7.24. The summed E-state index contributed by atoms with van der Waals surface area (Å²) >= 11 is 4.36. The molecule has 1 fully saturated rings. The van der Waals surface area contributed by atoms with E-state index in [4.69, 9.17) is 0 Å². The summed E-state index contributed by atoms with van der Waals surface area (Å²) in [6, 6.07) is 11.4. The molecule has 1 N–H and O–H groups in total. The van der Waals surface area contributed by atoms with Gasteiger partial charge in [0.05, 0.1) is 10.6 Å². The van der Waals surface area contributed by atoms with Gasteiger partial charge in [0.15, 0.2) is 0 Å². The van der Waals surface area contributed by atoms with Crippen molar-refractivity contribution in [2.75, 3.05) is 30.9 Å².